The predicted octanol–water partition coefficient (Wildman–Crippen LogP) is 2.24. The molecule has 138 valence electrons. The van der Waals surface area contributed by atoms with Gasteiger partial charge in [0.1, 0.15) is 5.69 Å². The zero-order chi connectivity index (χ0) is 18.6. The summed E-state index contributed by atoms with van der Waals surface area (Å²) in [5.74, 6) is -0.101. The minimum Gasteiger partial charge on any atom is -0.379 e. The van der Waals surface area contributed by atoms with Crippen LogP contribution < -0.4 is 10.6 Å². The highest BCUT2D eigenvalue weighted by Gasteiger charge is 2.33. The van der Waals surface area contributed by atoms with Gasteiger partial charge in [-0.05, 0) is 19.1 Å². The van der Waals surface area contributed by atoms with Gasteiger partial charge in [-0.15, -0.1) is 0 Å². The average Bonchev–Trinajstić information content (AvgIpc) is 2.54. The lowest BCUT2D eigenvalue weighted by atomic mass is 10.1. The van der Waals surface area contributed by atoms with Crippen molar-refractivity contribution in [2.75, 3.05) is 31.5 Å². The van der Waals surface area contributed by atoms with E-state index in [2.05, 4.69) is 10.6 Å². The molecule has 1 atom stereocenters. The van der Waals surface area contributed by atoms with Crippen LogP contribution in [0, 0.1) is 10.1 Å². The number of rotatable bonds is 5. The van der Waals surface area contributed by atoms with Gasteiger partial charge < -0.3 is 15.5 Å². The Balaban J connectivity index is 2.00. The van der Waals surface area contributed by atoms with Crippen molar-refractivity contribution in [2.24, 2.45) is 0 Å². The lowest BCUT2D eigenvalue weighted by molar-refractivity contribution is -0.384. The van der Waals surface area contributed by atoms with Gasteiger partial charge in [0.05, 0.1) is 10.5 Å². The lowest BCUT2D eigenvalue weighted by Crippen LogP contribution is -2.52. The molecule has 1 aromatic rings. The van der Waals surface area contributed by atoms with Crippen molar-refractivity contribution in [3.63, 3.8) is 0 Å². The molecule has 25 heavy (non-hydrogen) atoms. The van der Waals surface area contributed by atoms with Crippen LogP contribution in [0.4, 0.5) is 24.5 Å². The van der Waals surface area contributed by atoms with Crippen molar-refractivity contribution in [1.82, 2.24) is 10.2 Å². The van der Waals surface area contributed by atoms with Gasteiger partial charge >= 0.3 is 6.18 Å². The van der Waals surface area contributed by atoms with Crippen LogP contribution in [0.3, 0.4) is 0 Å². The van der Waals surface area contributed by atoms with Crippen molar-refractivity contribution >= 4 is 17.3 Å². The summed E-state index contributed by atoms with van der Waals surface area (Å²) in [6.45, 7) is 4.00. The first-order valence-electron chi connectivity index (χ1n) is 7.80. The Hall–Kier alpha value is -2.36. The number of benzene rings is 1. The lowest BCUT2D eigenvalue weighted by Gasteiger charge is -2.34. The summed E-state index contributed by atoms with van der Waals surface area (Å²) in [5, 5.41) is 16.9. The Morgan fingerprint density at radius 2 is 2.20 bits per heavy atom. The molecule has 0 unspecified atom stereocenters. The molecule has 10 heteroatoms. The van der Waals surface area contributed by atoms with E-state index in [1.165, 1.54) is 0 Å². The molecule has 1 saturated heterocycles. The fraction of sp³-hybridized carbons (Fsp3) is 0.533. The van der Waals surface area contributed by atoms with Crippen LogP contribution in [0.1, 0.15) is 18.9 Å². The van der Waals surface area contributed by atoms with Crippen molar-refractivity contribution in [1.29, 1.82) is 0 Å². The van der Waals surface area contributed by atoms with E-state index in [1.54, 1.807) is 4.90 Å². The highest BCUT2D eigenvalue weighted by Crippen LogP contribution is 2.34. The number of halogens is 3. The van der Waals surface area contributed by atoms with Crippen LogP contribution in [-0.4, -0.2) is 48.0 Å². The normalized spacial score (nSPS) is 18.1. The summed E-state index contributed by atoms with van der Waals surface area (Å²) in [5.41, 5.74) is -1.80. The number of alkyl halides is 3. The van der Waals surface area contributed by atoms with Gasteiger partial charge in [0.15, 0.2) is 0 Å². The number of hydrogen-bond donors (Lipinski definition) is 2. The average molecular weight is 360 g/mol. The van der Waals surface area contributed by atoms with E-state index in [-0.39, 0.29) is 30.6 Å². The van der Waals surface area contributed by atoms with Crippen LogP contribution in [-0.2, 0) is 11.0 Å². The number of carbonyl (C=O) groups is 1. The van der Waals surface area contributed by atoms with E-state index in [4.69, 9.17) is 0 Å². The molecule has 0 aliphatic carbocycles. The minimum absolute atomic E-state index is 0.0424. The number of nitrogens with one attached hydrogen (secondary N) is 2. The first kappa shape index (κ1) is 19.0. The quantitative estimate of drug-likeness (QED) is 0.621. The molecule has 1 fully saturated rings. The minimum atomic E-state index is -4.66. The van der Waals surface area contributed by atoms with E-state index in [0.29, 0.717) is 25.7 Å². The van der Waals surface area contributed by atoms with Crippen molar-refractivity contribution < 1.29 is 22.9 Å². The second-order valence-electron chi connectivity index (χ2n) is 5.80. The summed E-state index contributed by atoms with van der Waals surface area (Å²) in [7, 11) is 0. The third kappa shape index (κ3) is 4.81. The van der Waals surface area contributed by atoms with Gasteiger partial charge in [0.25, 0.3) is 5.69 Å². The summed E-state index contributed by atoms with van der Waals surface area (Å²) < 4.78 is 38.0. The SMILES string of the molecule is C[C@H]1CNCCN1C(=O)CCNc1ccc(C(F)(F)F)cc1[N+](=O)[O-]. The summed E-state index contributed by atoms with van der Waals surface area (Å²) >= 11 is 0. The van der Waals surface area contributed by atoms with Crippen LogP contribution in [0.5, 0.6) is 0 Å². The standard InChI is InChI=1S/C15H19F3N4O3/c1-10-9-19-6-7-21(10)14(23)4-5-20-12-3-2-11(15(16,17)18)8-13(12)22(24)25/h2-3,8,10,19-20H,4-7,9H2,1H3/t10-/m0/s1. The number of carbonyl (C=O) groups excluding carboxylic acids is 1. The predicted molar refractivity (Wildman–Crippen MR) is 85.2 cm³/mol. The molecule has 0 spiro atoms. The third-order valence-electron chi connectivity index (χ3n) is 4.00. The fourth-order valence-electron chi connectivity index (χ4n) is 2.67. The van der Waals surface area contributed by atoms with Crippen molar-refractivity contribution in [3.05, 3.63) is 33.9 Å². The topological polar surface area (TPSA) is 87.5 Å². The largest absolute Gasteiger partial charge is 0.416 e. The molecule has 1 aromatic carbocycles. The van der Waals surface area contributed by atoms with Gasteiger partial charge in [-0.2, -0.15) is 13.2 Å². The zero-order valence-electron chi connectivity index (χ0n) is 13.6. The number of piperazine rings is 1. The fourth-order valence-corrected chi connectivity index (χ4v) is 2.67. The van der Waals surface area contributed by atoms with Gasteiger partial charge in [-0.25, -0.2) is 0 Å². The van der Waals surface area contributed by atoms with Gasteiger partial charge in [-0.3, -0.25) is 14.9 Å². The molecular formula is C15H19F3N4O3. The molecule has 0 radical (unpaired) electrons. The Morgan fingerprint density at radius 1 is 1.48 bits per heavy atom. The molecule has 0 bridgehead atoms. The van der Waals surface area contributed by atoms with Gasteiger partial charge in [0.2, 0.25) is 5.91 Å². The molecule has 1 aliphatic rings. The van der Waals surface area contributed by atoms with E-state index >= 15 is 0 Å². The third-order valence-corrected chi connectivity index (χ3v) is 4.00. The Bertz CT molecular complexity index is 651. The number of nitro groups is 1. The van der Waals surface area contributed by atoms with E-state index in [0.717, 1.165) is 12.1 Å². The van der Waals surface area contributed by atoms with Crippen LogP contribution in [0.15, 0.2) is 18.2 Å². The number of anilines is 1. The maximum Gasteiger partial charge on any atom is 0.416 e. The molecular weight excluding hydrogens is 341 g/mol. The Morgan fingerprint density at radius 3 is 2.80 bits per heavy atom. The number of nitrogens with zero attached hydrogens (tertiary/aromatic N) is 2. The maximum absolute atomic E-state index is 12.7. The number of nitro benzene ring substituents is 1. The van der Waals surface area contributed by atoms with Crippen LogP contribution in [0.2, 0.25) is 0 Å². The summed E-state index contributed by atoms with van der Waals surface area (Å²) in [4.78, 5) is 24.0. The highest BCUT2D eigenvalue weighted by atomic mass is 19.4. The molecule has 1 heterocycles. The smallest absolute Gasteiger partial charge is 0.379 e. The summed E-state index contributed by atoms with van der Waals surface area (Å²) in [6, 6.07) is 2.33. The van der Waals surface area contributed by atoms with Crippen molar-refractivity contribution in [2.45, 2.75) is 25.6 Å². The molecule has 1 aliphatic heterocycles. The Labute approximate surface area is 142 Å². The number of amides is 1. The van der Waals surface area contributed by atoms with E-state index < -0.39 is 22.4 Å². The maximum atomic E-state index is 12.7. The number of hydrogen-bond acceptors (Lipinski definition) is 5. The summed E-state index contributed by atoms with van der Waals surface area (Å²) in [6.07, 6.45) is -4.56. The van der Waals surface area contributed by atoms with Crippen LogP contribution in [0.25, 0.3) is 0 Å². The second kappa shape index (κ2) is 7.68. The highest BCUT2D eigenvalue weighted by molar-refractivity contribution is 5.77. The first-order valence-corrected chi connectivity index (χ1v) is 7.80. The van der Waals surface area contributed by atoms with Crippen LogP contribution >= 0.6 is 0 Å². The monoisotopic (exact) mass is 360 g/mol. The van der Waals surface area contributed by atoms with Gasteiger partial charge in [0, 0.05) is 44.7 Å². The molecule has 7 nitrogen and oxygen atoms in total. The molecule has 0 aromatic heterocycles. The van der Waals surface area contributed by atoms with Gasteiger partial charge in [-0.1, -0.05) is 0 Å². The molecule has 1 amide bonds. The molecule has 2 N–H and O–H groups in total. The zero-order valence-corrected chi connectivity index (χ0v) is 13.6. The van der Waals surface area contributed by atoms with E-state index in [9.17, 15) is 28.1 Å². The first-order chi connectivity index (χ1) is 11.7. The van der Waals surface area contributed by atoms with Crippen molar-refractivity contribution in [3.8, 4) is 0 Å². The molecule has 0 saturated carbocycles. The Kier molecular flexibility index (Phi) is 5.83. The van der Waals surface area contributed by atoms with E-state index in [1.807, 2.05) is 6.92 Å². The second-order valence-corrected chi connectivity index (χ2v) is 5.80. The molecule has 2 rings (SSSR count).